The van der Waals surface area contributed by atoms with Crippen LogP contribution in [-0.2, 0) is 9.53 Å². The predicted molar refractivity (Wildman–Crippen MR) is 82.9 cm³/mol. The molecule has 0 aliphatic heterocycles. The Morgan fingerprint density at radius 3 is 2.38 bits per heavy atom. The molecule has 1 rings (SSSR count). The molecule has 0 fully saturated rings. The van der Waals surface area contributed by atoms with Gasteiger partial charge in [0, 0.05) is 4.47 Å². The van der Waals surface area contributed by atoms with Gasteiger partial charge in [0.15, 0.2) is 0 Å². The van der Waals surface area contributed by atoms with E-state index in [1.165, 1.54) is 19.2 Å². The van der Waals surface area contributed by atoms with Crippen LogP contribution in [0.3, 0.4) is 0 Å². The van der Waals surface area contributed by atoms with E-state index in [1.807, 2.05) is 5.32 Å². The van der Waals surface area contributed by atoms with Gasteiger partial charge in [0.05, 0.1) is 18.4 Å². The van der Waals surface area contributed by atoms with Gasteiger partial charge in [-0.15, -0.1) is 0 Å². The van der Waals surface area contributed by atoms with E-state index in [0.29, 0.717) is 4.47 Å². The Hall–Kier alpha value is -1.02. The van der Waals surface area contributed by atoms with Crippen LogP contribution in [-0.4, -0.2) is 28.8 Å². The van der Waals surface area contributed by atoms with Gasteiger partial charge in [-0.1, -0.05) is 50.7 Å². The molecule has 0 unspecified atom stereocenters. The van der Waals surface area contributed by atoms with E-state index in [2.05, 4.69) is 26.0 Å². The van der Waals surface area contributed by atoms with Crippen LogP contribution in [0.5, 0.6) is 0 Å². The minimum atomic E-state index is -2.28. The maximum atomic E-state index is 11.6. The molecule has 10 heteroatoms. The summed E-state index contributed by atoms with van der Waals surface area (Å²) < 4.78 is 2.91. The molecule has 0 radical (unpaired) electrons. The number of carbonyl (C=O) groups is 3. The fraction of sp³-hybridized carbons (Fsp3) is 0.182. The van der Waals surface area contributed by atoms with Gasteiger partial charge in [-0.2, -0.15) is 0 Å². The topological polar surface area (TPSA) is 84.5 Å². The van der Waals surface area contributed by atoms with Crippen LogP contribution in [0, 0.1) is 0 Å². The van der Waals surface area contributed by atoms with Crippen molar-refractivity contribution in [2.24, 2.45) is 0 Å². The van der Waals surface area contributed by atoms with Crippen molar-refractivity contribution in [1.82, 2.24) is 5.32 Å². The lowest BCUT2D eigenvalue weighted by Gasteiger charge is -2.13. The number of nitrogens with one attached hydrogen (secondary N) is 2. The number of ether oxygens (including phenoxy) is 1. The highest BCUT2D eigenvalue weighted by molar-refractivity contribution is 9.10. The molecule has 0 saturated carbocycles. The molecule has 0 aliphatic carbocycles. The van der Waals surface area contributed by atoms with Crippen LogP contribution in [0.15, 0.2) is 22.7 Å². The van der Waals surface area contributed by atoms with Gasteiger partial charge >= 0.3 is 12.0 Å². The van der Waals surface area contributed by atoms with Crippen molar-refractivity contribution in [3.63, 3.8) is 0 Å². The maximum absolute atomic E-state index is 11.6. The summed E-state index contributed by atoms with van der Waals surface area (Å²) in [5.41, 5.74) is 0.211. The Morgan fingerprint density at radius 2 is 1.86 bits per heavy atom. The number of halogens is 4. The van der Waals surface area contributed by atoms with Gasteiger partial charge < -0.3 is 10.1 Å². The van der Waals surface area contributed by atoms with Crippen molar-refractivity contribution in [2.45, 2.75) is 3.79 Å². The number of hydrogen-bond donors (Lipinski definition) is 2. The minimum Gasteiger partial charge on any atom is -0.465 e. The first-order chi connectivity index (χ1) is 9.65. The van der Waals surface area contributed by atoms with Crippen molar-refractivity contribution in [2.75, 3.05) is 12.4 Å². The van der Waals surface area contributed by atoms with Crippen LogP contribution in [0.1, 0.15) is 10.4 Å². The average molecular weight is 418 g/mol. The summed E-state index contributed by atoms with van der Waals surface area (Å²) in [5, 5.41) is 4.11. The van der Waals surface area contributed by atoms with Gasteiger partial charge in [0.25, 0.3) is 9.70 Å². The number of imide groups is 1. The molecule has 114 valence electrons. The molecule has 0 aliphatic rings. The molecule has 1 aromatic carbocycles. The first kappa shape index (κ1) is 18.0. The summed E-state index contributed by atoms with van der Waals surface area (Å²) in [6.07, 6.45) is 0. The molecule has 2 N–H and O–H groups in total. The van der Waals surface area contributed by atoms with E-state index in [4.69, 9.17) is 34.8 Å². The smallest absolute Gasteiger partial charge is 0.340 e. The minimum absolute atomic E-state index is 0.0864. The Morgan fingerprint density at radius 1 is 1.24 bits per heavy atom. The zero-order valence-electron chi connectivity index (χ0n) is 10.4. The van der Waals surface area contributed by atoms with E-state index in [-0.39, 0.29) is 11.3 Å². The number of amides is 3. The SMILES string of the molecule is COC(=O)c1cc(Br)ccc1NC(=O)NC(=O)C(Cl)(Cl)Cl. The fourth-order valence-corrected chi connectivity index (χ4v) is 1.73. The molecule has 0 heterocycles. The summed E-state index contributed by atoms with van der Waals surface area (Å²) in [6, 6.07) is 3.51. The first-order valence-corrected chi connectivity index (χ1v) is 7.15. The third-order valence-electron chi connectivity index (χ3n) is 2.12. The number of alkyl halides is 3. The third-order valence-corrected chi connectivity index (χ3v) is 3.13. The van der Waals surface area contributed by atoms with Crippen molar-refractivity contribution < 1.29 is 19.1 Å². The van der Waals surface area contributed by atoms with Gasteiger partial charge in [-0.05, 0) is 18.2 Å². The highest BCUT2D eigenvalue weighted by Gasteiger charge is 2.32. The molecule has 21 heavy (non-hydrogen) atoms. The fourth-order valence-electron chi connectivity index (χ4n) is 1.23. The standard InChI is InChI=1S/C11H8BrCl3N2O4/c1-21-8(18)6-4-5(12)2-3-7(6)16-10(20)17-9(19)11(13,14)15/h2-4H,1H3,(H2,16,17,19,20). The zero-order chi connectivity index (χ0) is 16.2. The first-order valence-electron chi connectivity index (χ1n) is 5.22. The predicted octanol–water partition coefficient (Wildman–Crippen LogP) is 3.25. The van der Waals surface area contributed by atoms with Crippen molar-refractivity contribution >= 4 is 74.3 Å². The summed E-state index contributed by atoms with van der Waals surface area (Å²) in [4.78, 5) is 34.6. The van der Waals surface area contributed by atoms with Crippen molar-refractivity contribution in [3.05, 3.63) is 28.2 Å². The molecule has 0 aromatic heterocycles. The number of esters is 1. The van der Waals surface area contributed by atoms with Gasteiger partial charge in [0.2, 0.25) is 0 Å². The second-order valence-corrected chi connectivity index (χ2v) is 6.78. The van der Waals surface area contributed by atoms with Gasteiger partial charge in [-0.25, -0.2) is 9.59 Å². The van der Waals surface area contributed by atoms with Crippen molar-refractivity contribution in [1.29, 1.82) is 0 Å². The normalized spacial score (nSPS) is 10.7. The highest BCUT2D eigenvalue weighted by Crippen LogP contribution is 2.26. The average Bonchev–Trinajstić information content (AvgIpc) is 2.38. The largest absolute Gasteiger partial charge is 0.465 e. The number of rotatable bonds is 2. The molecular weight excluding hydrogens is 410 g/mol. The molecule has 6 nitrogen and oxygen atoms in total. The van der Waals surface area contributed by atoms with E-state index in [1.54, 1.807) is 6.07 Å². The van der Waals surface area contributed by atoms with Crippen LogP contribution in [0.4, 0.5) is 10.5 Å². The number of urea groups is 1. The van der Waals surface area contributed by atoms with Gasteiger partial charge in [-0.3, -0.25) is 10.1 Å². The van der Waals surface area contributed by atoms with Crippen molar-refractivity contribution in [3.8, 4) is 0 Å². The van der Waals surface area contributed by atoms with E-state index in [9.17, 15) is 14.4 Å². The zero-order valence-corrected chi connectivity index (χ0v) is 14.2. The molecule has 0 saturated heterocycles. The van der Waals surface area contributed by atoms with Gasteiger partial charge in [0.1, 0.15) is 0 Å². The molecule has 3 amide bonds. The van der Waals surface area contributed by atoms with Crippen LogP contribution in [0.2, 0.25) is 0 Å². The summed E-state index contributed by atoms with van der Waals surface area (Å²) in [6.45, 7) is 0. The summed E-state index contributed by atoms with van der Waals surface area (Å²) >= 11 is 19.1. The van der Waals surface area contributed by atoms with Crippen LogP contribution in [0.25, 0.3) is 0 Å². The quantitative estimate of drug-likeness (QED) is 0.570. The number of methoxy groups -OCH3 is 1. The lowest BCUT2D eigenvalue weighted by Crippen LogP contribution is -2.41. The molecule has 0 atom stereocenters. The molecule has 1 aromatic rings. The van der Waals surface area contributed by atoms with E-state index in [0.717, 1.165) is 0 Å². The third kappa shape index (κ3) is 5.35. The number of anilines is 1. The Bertz CT molecular complexity index is 589. The Balaban J connectivity index is 2.91. The lowest BCUT2D eigenvalue weighted by molar-refractivity contribution is -0.119. The molecule has 0 bridgehead atoms. The van der Waals surface area contributed by atoms with Crippen LogP contribution >= 0.6 is 50.7 Å². The molecule has 0 spiro atoms. The Labute approximate surface area is 143 Å². The lowest BCUT2D eigenvalue weighted by atomic mass is 10.2. The highest BCUT2D eigenvalue weighted by atomic mass is 79.9. The Kier molecular flexibility index (Phi) is 6.27. The number of carbonyl (C=O) groups excluding carboxylic acids is 3. The van der Waals surface area contributed by atoms with E-state index < -0.39 is 21.7 Å². The number of hydrogen-bond acceptors (Lipinski definition) is 4. The second kappa shape index (κ2) is 7.31. The summed E-state index contributed by atoms with van der Waals surface area (Å²) in [5.74, 6) is -1.79. The second-order valence-electron chi connectivity index (χ2n) is 3.59. The summed E-state index contributed by atoms with van der Waals surface area (Å²) in [7, 11) is 1.19. The molecular formula is C11H8BrCl3N2O4. The number of benzene rings is 1. The van der Waals surface area contributed by atoms with E-state index >= 15 is 0 Å². The monoisotopic (exact) mass is 416 g/mol. The van der Waals surface area contributed by atoms with Crippen LogP contribution < -0.4 is 10.6 Å². The maximum Gasteiger partial charge on any atom is 0.340 e.